The fourth-order valence-corrected chi connectivity index (χ4v) is 4.60. The molecule has 1 fully saturated rings. The third-order valence-electron chi connectivity index (χ3n) is 5.33. The molecule has 1 aliphatic heterocycles. The van der Waals surface area contributed by atoms with Crippen LogP contribution in [0.4, 0.5) is 0 Å². The van der Waals surface area contributed by atoms with Crippen LogP contribution in [-0.2, 0) is 22.7 Å². The highest BCUT2D eigenvalue weighted by atomic mass is 32.2. The van der Waals surface area contributed by atoms with Crippen LogP contribution in [0.3, 0.4) is 0 Å². The van der Waals surface area contributed by atoms with Crippen molar-refractivity contribution >= 4 is 20.7 Å². The predicted molar refractivity (Wildman–Crippen MR) is 100 cm³/mol. The Morgan fingerprint density at radius 2 is 2.12 bits per heavy atom. The summed E-state index contributed by atoms with van der Waals surface area (Å²) in [6.45, 7) is 6.28. The normalized spacial score (nSPS) is 19.3. The van der Waals surface area contributed by atoms with Crippen molar-refractivity contribution in [1.29, 1.82) is 0 Å². The quantitative estimate of drug-likeness (QED) is 0.836. The highest BCUT2D eigenvalue weighted by Gasteiger charge is 2.24. The van der Waals surface area contributed by atoms with Crippen molar-refractivity contribution in [2.45, 2.75) is 45.6 Å². The number of nitrogens with one attached hydrogen (secondary N) is 1. The van der Waals surface area contributed by atoms with E-state index >= 15 is 0 Å². The number of sulfone groups is 1. The highest BCUT2D eigenvalue weighted by molar-refractivity contribution is 7.91. The van der Waals surface area contributed by atoms with E-state index in [1.54, 1.807) is 6.92 Å². The smallest absolute Gasteiger partial charge is 0.150 e. The van der Waals surface area contributed by atoms with Crippen LogP contribution in [-0.4, -0.2) is 48.9 Å². The molecule has 0 saturated carbocycles. The van der Waals surface area contributed by atoms with Crippen molar-refractivity contribution in [2.75, 3.05) is 24.6 Å². The third kappa shape index (κ3) is 3.83. The lowest BCUT2D eigenvalue weighted by atomic mass is 10.0. The van der Waals surface area contributed by atoms with E-state index in [0.29, 0.717) is 12.5 Å². The number of rotatable bonds is 7. The van der Waals surface area contributed by atoms with Gasteiger partial charge in [0.05, 0.1) is 5.75 Å². The van der Waals surface area contributed by atoms with Crippen LogP contribution in [0, 0.1) is 0 Å². The van der Waals surface area contributed by atoms with E-state index in [9.17, 15) is 8.42 Å². The maximum absolute atomic E-state index is 11.7. The molecular formula is C19H28N2O2S. The van der Waals surface area contributed by atoms with Gasteiger partial charge in [0.15, 0.2) is 0 Å². The molecule has 0 radical (unpaired) electrons. The van der Waals surface area contributed by atoms with Crippen LogP contribution in [0.2, 0.25) is 0 Å². The molecule has 0 spiro atoms. The first-order valence-corrected chi connectivity index (χ1v) is 10.9. The summed E-state index contributed by atoms with van der Waals surface area (Å²) >= 11 is 0. The molecule has 1 aromatic heterocycles. The van der Waals surface area contributed by atoms with Gasteiger partial charge in [-0.05, 0) is 62.0 Å². The number of nitrogens with zero attached hydrogens (tertiary/aromatic N) is 1. The van der Waals surface area contributed by atoms with Gasteiger partial charge in [0.1, 0.15) is 9.84 Å². The van der Waals surface area contributed by atoms with Gasteiger partial charge in [-0.15, -0.1) is 0 Å². The van der Waals surface area contributed by atoms with Gasteiger partial charge in [0.25, 0.3) is 0 Å². The van der Waals surface area contributed by atoms with E-state index in [0.717, 1.165) is 24.0 Å². The summed E-state index contributed by atoms with van der Waals surface area (Å²) in [7, 11) is -2.91. The number of aromatic amines is 1. The molecule has 3 rings (SSSR count). The van der Waals surface area contributed by atoms with E-state index < -0.39 is 9.84 Å². The van der Waals surface area contributed by atoms with Gasteiger partial charge < -0.3 is 9.88 Å². The van der Waals surface area contributed by atoms with Crippen molar-refractivity contribution in [3.8, 4) is 0 Å². The number of hydrogen-bond acceptors (Lipinski definition) is 3. The molecule has 0 aliphatic carbocycles. The van der Waals surface area contributed by atoms with E-state index in [1.807, 2.05) is 6.07 Å². The topological polar surface area (TPSA) is 53.2 Å². The molecule has 2 aromatic rings. The highest BCUT2D eigenvalue weighted by Crippen LogP contribution is 2.26. The van der Waals surface area contributed by atoms with Gasteiger partial charge in [-0.1, -0.05) is 19.9 Å². The molecule has 1 saturated heterocycles. The summed E-state index contributed by atoms with van der Waals surface area (Å²) in [6.07, 6.45) is 6.37. The van der Waals surface area contributed by atoms with E-state index in [4.69, 9.17) is 0 Å². The maximum Gasteiger partial charge on any atom is 0.150 e. The molecule has 0 bridgehead atoms. The zero-order valence-corrected chi connectivity index (χ0v) is 15.5. The Labute approximate surface area is 145 Å². The molecule has 1 N–H and O–H groups in total. The van der Waals surface area contributed by atoms with Crippen LogP contribution in [0.5, 0.6) is 0 Å². The van der Waals surface area contributed by atoms with Crippen LogP contribution < -0.4 is 0 Å². The second-order valence-corrected chi connectivity index (χ2v) is 9.28. The lowest BCUT2D eigenvalue weighted by Crippen LogP contribution is -2.30. The van der Waals surface area contributed by atoms with Crippen molar-refractivity contribution in [1.82, 2.24) is 9.88 Å². The molecule has 24 heavy (non-hydrogen) atoms. The Bertz CT molecular complexity index is 795. The number of aryl methyl sites for hydroxylation is 1. The van der Waals surface area contributed by atoms with Gasteiger partial charge in [0.2, 0.25) is 0 Å². The van der Waals surface area contributed by atoms with E-state index in [2.05, 4.69) is 35.1 Å². The molecule has 2 heterocycles. The minimum atomic E-state index is -2.91. The first kappa shape index (κ1) is 17.5. The molecule has 1 unspecified atom stereocenters. The number of fused-ring (bicyclic) bond motifs is 1. The second-order valence-electron chi connectivity index (χ2n) is 6.81. The summed E-state index contributed by atoms with van der Waals surface area (Å²) in [5, 5.41) is 1.25. The van der Waals surface area contributed by atoms with Gasteiger partial charge in [0, 0.05) is 28.9 Å². The molecule has 0 amide bonds. The average molecular weight is 349 g/mol. The lowest BCUT2D eigenvalue weighted by Gasteiger charge is -2.22. The number of hydrogen-bond donors (Lipinski definition) is 1. The first-order valence-electron chi connectivity index (χ1n) is 9.05. The van der Waals surface area contributed by atoms with Crippen molar-refractivity contribution in [3.63, 3.8) is 0 Å². The van der Waals surface area contributed by atoms with Gasteiger partial charge in [-0.3, -0.25) is 0 Å². The molecule has 1 aromatic carbocycles. The molecule has 1 aliphatic rings. The van der Waals surface area contributed by atoms with Crippen LogP contribution in [0.25, 0.3) is 10.9 Å². The molecule has 132 valence electrons. The van der Waals surface area contributed by atoms with Crippen molar-refractivity contribution in [3.05, 3.63) is 35.5 Å². The van der Waals surface area contributed by atoms with Crippen LogP contribution >= 0.6 is 0 Å². The number of aromatic nitrogens is 1. The number of likely N-dealkylation sites (N-methyl/N-ethyl adjacent to an activating group) is 1. The molecule has 5 heteroatoms. The van der Waals surface area contributed by atoms with E-state index in [-0.39, 0.29) is 11.5 Å². The fourth-order valence-electron chi connectivity index (χ4n) is 3.76. The number of likely N-dealkylation sites (tertiary alicyclic amines) is 1. The summed E-state index contributed by atoms with van der Waals surface area (Å²) in [5.74, 6) is 0.459. The van der Waals surface area contributed by atoms with Crippen molar-refractivity contribution < 1.29 is 8.42 Å². The number of benzene rings is 1. The van der Waals surface area contributed by atoms with Crippen LogP contribution in [0.15, 0.2) is 24.4 Å². The third-order valence-corrected chi connectivity index (χ3v) is 7.04. The van der Waals surface area contributed by atoms with Crippen molar-refractivity contribution in [2.24, 2.45) is 0 Å². The SMILES string of the molecule is CCN1CCCC1Cc1c[nH]c2ccc(CCS(=O)(=O)CC)cc12. The lowest BCUT2D eigenvalue weighted by molar-refractivity contribution is 0.266. The Morgan fingerprint density at radius 1 is 1.29 bits per heavy atom. The Balaban J connectivity index is 1.78. The zero-order valence-electron chi connectivity index (χ0n) is 14.7. The zero-order chi connectivity index (χ0) is 17.2. The van der Waals surface area contributed by atoms with Gasteiger partial charge in [-0.25, -0.2) is 8.42 Å². The fraction of sp³-hybridized carbons (Fsp3) is 0.579. The van der Waals surface area contributed by atoms with E-state index in [1.165, 1.54) is 30.3 Å². The Hall–Kier alpha value is -1.33. The molecule has 1 atom stereocenters. The average Bonchev–Trinajstić information content (AvgIpc) is 3.20. The van der Waals surface area contributed by atoms with Crippen LogP contribution in [0.1, 0.15) is 37.8 Å². The molecule has 4 nitrogen and oxygen atoms in total. The predicted octanol–water partition coefficient (Wildman–Crippen LogP) is 3.17. The summed E-state index contributed by atoms with van der Waals surface area (Å²) < 4.78 is 23.5. The first-order chi connectivity index (χ1) is 11.5. The number of H-pyrrole nitrogens is 1. The van der Waals surface area contributed by atoms with Gasteiger partial charge >= 0.3 is 0 Å². The largest absolute Gasteiger partial charge is 0.361 e. The minimum absolute atomic E-state index is 0.221. The maximum atomic E-state index is 11.7. The summed E-state index contributed by atoms with van der Waals surface area (Å²) in [4.78, 5) is 5.93. The standard InChI is InChI=1S/C19H28N2O2S/c1-3-21-10-5-6-17(21)13-16-14-20-19-8-7-15(12-18(16)19)9-11-24(22,23)4-2/h7-8,12,14,17,20H,3-6,9-11,13H2,1-2H3. The monoisotopic (exact) mass is 348 g/mol. The Kier molecular flexibility index (Phi) is 5.30. The summed E-state index contributed by atoms with van der Waals surface area (Å²) in [5.41, 5.74) is 3.61. The van der Waals surface area contributed by atoms with Gasteiger partial charge in [-0.2, -0.15) is 0 Å². The second kappa shape index (κ2) is 7.28. The Morgan fingerprint density at radius 3 is 2.88 bits per heavy atom. The summed E-state index contributed by atoms with van der Waals surface area (Å²) in [6, 6.07) is 6.94. The molecular weight excluding hydrogens is 320 g/mol. The minimum Gasteiger partial charge on any atom is -0.361 e.